The topological polar surface area (TPSA) is 78.0 Å². The van der Waals surface area contributed by atoms with Gasteiger partial charge in [0.1, 0.15) is 11.9 Å². The van der Waals surface area contributed by atoms with Gasteiger partial charge in [0, 0.05) is 39.6 Å². The van der Waals surface area contributed by atoms with Crippen molar-refractivity contribution in [1.82, 2.24) is 20.1 Å². The molecular formula is C21H22Cl2FN5O. The van der Waals surface area contributed by atoms with Crippen LogP contribution >= 0.6 is 23.2 Å². The Morgan fingerprint density at radius 2 is 2.10 bits per heavy atom. The van der Waals surface area contributed by atoms with E-state index in [-0.39, 0.29) is 40.3 Å². The Balaban J connectivity index is 1.67. The summed E-state index contributed by atoms with van der Waals surface area (Å²) in [7, 11) is 0. The number of hydrogen-bond acceptors (Lipinski definition) is 5. The molecule has 0 amide bonds. The van der Waals surface area contributed by atoms with E-state index in [4.69, 9.17) is 40.5 Å². The first-order valence-electron chi connectivity index (χ1n) is 11.6. The summed E-state index contributed by atoms with van der Waals surface area (Å²) in [6.45, 7) is 1.23. The molecule has 1 aromatic carbocycles. The Morgan fingerprint density at radius 3 is 2.87 bits per heavy atom. The second-order valence-corrected chi connectivity index (χ2v) is 7.39. The highest BCUT2D eigenvalue weighted by Crippen LogP contribution is 2.37. The molecule has 158 valence electrons. The van der Waals surface area contributed by atoms with Crippen LogP contribution in [-0.4, -0.2) is 27.9 Å². The molecule has 0 bridgehead atoms. The van der Waals surface area contributed by atoms with Crippen molar-refractivity contribution in [3.05, 3.63) is 58.2 Å². The van der Waals surface area contributed by atoms with Crippen molar-refractivity contribution in [2.75, 3.05) is 18.8 Å². The zero-order chi connectivity index (χ0) is 25.8. The standard InChI is InChI=1S/C21H22Cl2FN5O/c1-12(19-16(22)2-3-17(24)20(19)23)30-18-8-13(9-27-21(18)25)14-10-28-29(11-14)15-4-6-26-7-5-15/h2-3,8-12,15,26H,4-7H2,1H3,(H2,25,27)/t12-/m1/s1/i4D2,5D2,15D. The van der Waals surface area contributed by atoms with Gasteiger partial charge < -0.3 is 15.8 Å². The number of nitrogens with two attached hydrogens (primary N) is 1. The van der Waals surface area contributed by atoms with Crippen molar-refractivity contribution in [3.63, 3.8) is 0 Å². The molecular weight excluding hydrogens is 428 g/mol. The van der Waals surface area contributed by atoms with E-state index in [1.54, 1.807) is 13.0 Å². The fourth-order valence-electron chi connectivity index (χ4n) is 3.05. The SMILES string of the molecule is [2H]C1([2H])CNCC([2H])([2H])C1([2H])n1cc(-c2cnc(N)c(O[C@H](C)c3c(Cl)ccc(F)c3Cl)c2)cn1. The summed E-state index contributed by atoms with van der Waals surface area (Å²) in [5, 5.41) is 6.86. The summed E-state index contributed by atoms with van der Waals surface area (Å²) in [6, 6.07) is 1.77. The average Bonchev–Trinajstić information content (AvgIpc) is 3.27. The molecule has 0 spiro atoms. The molecule has 2 aromatic heterocycles. The smallest absolute Gasteiger partial charge is 0.166 e. The second-order valence-electron chi connectivity index (χ2n) is 6.60. The minimum atomic E-state index is -2.32. The van der Waals surface area contributed by atoms with Crippen molar-refractivity contribution < 1.29 is 16.0 Å². The van der Waals surface area contributed by atoms with Crippen LogP contribution in [0.4, 0.5) is 10.2 Å². The van der Waals surface area contributed by atoms with Gasteiger partial charge in [-0.1, -0.05) is 23.2 Å². The molecule has 1 saturated heterocycles. The lowest BCUT2D eigenvalue weighted by atomic mass is 10.1. The molecule has 9 heteroatoms. The lowest BCUT2D eigenvalue weighted by Crippen LogP contribution is -2.29. The summed E-state index contributed by atoms with van der Waals surface area (Å²) in [5.74, 6) is -0.428. The highest BCUT2D eigenvalue weighted by Gasteiger charge is 2.21. The average molecular weight is 455 g/mol. The van der Waals surface area contributed by atoms with Crippen LogP contribution in [0.1, 0.15) is 44.2 Å². The molecule has 6 nitrogen and oxygen atoms in total. The molecule has 1 fully saturated rings. The summed E-state index contributed by atoms with van der Waals surface area (Å²) < 4.78 is 62.7. The van der Waals surface area contributed by atoms with Crippen LogP contribution < -0.4 is 15.8 Å². The lowest BCUT2D eigenvalue weighted by Gasteiger charge is -2.22. The molecule has 3 heterocycles. The van der Waals surface area contributed by atoms with Crippen molar-refractivity contribution in [2.45, 2.75) is 31.8 Å². The van der Waals surface area contributed by atoms with E-state index in [9.17, 15) is 4.39 Å². The first-order chi connectivity index (χ1) is 16.3. The number of hydrogen-bond donors (Lipinski definition) is 2. The number of rotatable bonds is 5. The molecule has 0 saturated carbocycles. The van der Waals surface area contributed by atoms with Crippen LogP contribution in [0, 0.1) is 5.82 Å². The lowest BCUT2D eigenvalue weighted by molar-refractivity contribution is 0.227. The number of nitrogens with zero attached hydrogens (tertiary/aromatic N) is 3. The summed E-state index contributed by atoms with van der Waals surface area (Å²) >= 11 is 12.3. The Bertz CT molecular complexity index is 1260. The van der Waals surface area contributed by atoms with Gasteiger partial charge in [-0.3, -0.25) is 4.68 Å². The van der Waals surface area contributed by atoms with E-state index in [1.165, 1.54) is 24.7 Å². The van der Waals surface area contributed by atoms with Crippen molar-refractivity contribution in [1.29, 1.82) is 0 Å². The van der Waals surface area contributed by atoms with E-state index < -0.39 is 30.7 Å². The van der Waals surface area contributed by atoms with Crippen LogP contribution in [0.2, 0.25) is 10.0 Å². The molecule has 1 aliphatic heterocycles. The molecule has 0 unspecified atom stereocenters. The zero-order valence-electron chi connectivity index (χ0n) is 20.9. The van der Waals surface area contributed by atoms with Crippen LogP contribution in [-0.2, 0) is 0 Å². The van der Waals surface area contributed by atoms with Gasteiger partial charge in [0.2, 0.25) is 0 Å². The Hall–Kier alpha value is -2.35. The monoisotopic (exact) mass is 454 g/mol. The van der Waals surface area contributed by atoms with Gasteiger partial charge >= 0.3 is 0 Å². The normalized spacial score (nSPS) is 22.7. The Labute approximate surface area is 191 Å². The fraction of sp³-hybridized carbons (Fsp3) is 0.333. The van der Waals surface area contributed by atoms with Crippen molar-refractivity contribution >= 4 is 29.0 Å². The largest absolute Gasteiger partial charge is 0.482 e. The highest BCUT2D eigenvalue weighted by molar-refractivity contribution is 6.36. The van der Waals surface area contributed by atoms with Gasteiger partial charge in [-0.2, -0.15) is 5.10 Å². The number of aromatic nitrogens is 3. The van der Waals surface area contributed by atoms with Gasteiger partial charge in [0.05, 0.1) is 18.6 Å². The third-order valence-corrected chi connectivity index (χ3v) is 5.29. The summed E-state index contributed by atoms with van der Waals surface area (Å²) in [6.07, 6.45) is -1.06. The van der Waals surface area contributed by atoms with E-state index in [0.717, 1.165) is 10.7 Å². The van der Waals surface area contributed by atoms with Crippen molar-refractivity contribution in [3.8, 4) is 16.9 Å². The van der Waals surface area contributed by atoms with Gasteiger partial charge in [0.25, 0.3) is 0 Å². The molecule has 3 N–H and O–H groups in total. The van der Waals surface area contributed by atoms with Gasteiger partial charge in [-0.15, -0.1) is 0 Å². The Morgan fingerprint density at radius 1 is 1.33 bits per heavy atom. The summed E-state index contributed by atoms with van der Waals surface area (Å²) in [5.41, 5.74) is 7.14. The van der Waals surface area contributed by atoms with Crippen LogP contribution in [0.3, 0.4) is 0 Å². The minimum absolute atomic E-state index is 0.0552. The Kier molecular flexibility index (Phi) is 4.53. The zero-order valence-corrected chi connectivity index (χ0v) is 17.4. The first kappa shape index (κ1) is 15.5. The number of nitrogen functional groups attached to an aromatic ring is 1. The molecule has 30 heavy (non-hydrogen) atoms. The molecule has 1 aliphatic rings. The molecule has 1 atom stereocenters. The number of pyridine rings is 1. The maximum absolute atomic E-state index is 14.0. The quantitative estimate of drug-likeness (QED) is 0.528. The maximum Gasteiger partial charge on any atom is 0.166 e. The highest BCUT2D eigenvalue weighted by atomic mass is 35.5. The predicted octanol–water partition coefficient (Wildman–Crippen LogP) is 5.04. The van der Waals surface area contributed by atoms with E-state index >= 15 is 0 Å². The molecule has 0 aliphatic carbocycles. The number of anilines is 1. The van der Waals surface area contributed by atoms with E-state index in [1.807, 2.05) is 0 Å². The third kappa shape index (κ3) is 4.24. The summed E-state index contributed by atoms with van der Waals surface area (Å²) in [4.78, 5) is 4.13. The minimum Gasteiger partial charge on any atom is -0.482 e. The number of nitrogens with one attached hydrogen (secondary N) is 1. The van der Waals surface area contributed by atoms with Gasteiger partial charge in [-0.25, -0.2) is 9.37 Å². The number of benzene rings is 1. The molecule has 0 radical (unpaired) electrons. The second kappa shape index (κ2) is 8.79. The van der Waals surface area contributed by atoms with Gasteiger partial charge in [-0.05, 0) is 51.0 Å². The fourth-order valence-corrected chi connectivity index (χ4v) is 3.72. The molecule has 3 aromatic rings. The number of halogens is 3. The van der Waals surface area contributed by atoms with Crippen molar-refractivity contribution in [2.24, 2.45) is 0 Å². The number of piperidine rings is 1. The van der Waals surface area contributed by atoms with E-state index in [0.29, 0.717) is 11.1 Å². The predicted molar refractivity (Wildman–Crippen MR) is 116 cm³/mol. The number of ether oxygens (including phenoxy) is 1. The van der Waals surface area contributed by atoms with Crippen LogP contribution in [0.15, 0.2) is 36.8 Å². The first-order valence-corrected chi connectivity index (χ1v) is 9.86. The maximum atomic E-state index is 14.0. The van der Waals surface area contributed by atoms with Crippen LogP contribution in [0.5, 0.6) is 5.75 Å². The third-order valence-electron chi connectivity index (χ3n) is 4.58. The van der Waals surface area contributed by atoms with Gasteiger partial charge in [0.15, 0.2) is 11.6 Å². The molecule has 4 rings (SSSR count). The van der Waals surface area contributed by atoms with E-state index in [2.05, 4.69) is 15.4 Å². The van der Waals surface area contributed by atoms with Crippen LogP contribution in [0.25, 0.3) is 11.1 Å².